The van der Waals surface area contributed by atoms with Gasteiger partial charge in [-0.05, 0) is 32.0 Å². The van der Waals surface area contributed by atoms with Crippen molar-refractivity contribution in [2.75, 3.05) is 26.7 Å². The number of carboxylic acids is 1. The number of nitrogens with zero attached hydrogens (tertiary/aromatic N) is 5. The number of carbonyl (C=O) groups excluding carboxylic acids is 2. The minimum atomic E-state index is -5.08. The molecule has 1 unspecified atom stereocenters. The number of amides is 2. The highest BCUT2D eigenvalue weighted by molar-refractivity contribution is 5.94. The Morgan fingerprint density at radius 3 is 2.28 bits per heavy atom. The number of likely N-dealkylation sites (N-methyl/N-ethyl adjacent to an activating group) is 1. The highest BCUT2D eigenvalue weighted by Crippen LogP contribution is 2.24. The van der Waals surface area contributed by atoms with Gasteiger partial charge in [0.25, 0.3) is 5.91 Å². The summed E-state index contributed by atoms with van der Waals surface area (Å²) >= 11 is 0. The highest BCUT2D eigenvalue weighted by atomic mass is 19.4. The Kier molecular flexibility index (Phi) is 8.88. The van der Waals surface area contributed by atoms with Crippen molar-refractivity contribution in [2.24, 2.45) is 0 Å². The maximum atomic E-state index is 12.9. The topological polar surface area (TPSA) is 120 Å². The van der Waals surface area contributed by atoms with Gasteiger partial charge in [-0.2, -0.15) is 13.2 Å². The van der Waals surface area contributed by atoms with Crippen LogP contribution in [0.25, 0.3) is 5.65 Å². The lowest BCUT2D eigenvalue weighted by Crippen LogP contribution is -2.48. The molecule has 1 saturated heterocycles. The average Bonchev–Trinajstić information content (AvgIpc) is 3.06. The summed E-state index contributed by atoms with van der Waals surface area (Å²) in [6.07, 6.45) is 3.74. The number of rotatable bonds is 3. The average molecular weight is 513 g/mol. The summed E-state index contributed by atoms with van der Waals surface area (Å²) in [5, 5.41) is 19.0. The number of piperazine rings is 1. The summed E-state index contributed by atoms with van der Waals surface area (Å²) in [6.45, 7) is 3.67. The predicted molar refractivity (Wildman–Crippen MR) is 123 cm³/mol. The van der Waals surface area contributed by atoms with Gasteiger partial charge in [0.2, 0.25) is 5.91 Å². The second-order valence-electron chi connectivity index (χ2n) is 9.13. The number of hydrogen-bond acceptors (Lipinski definition) is 6. The molecule has 4 rings (SSSR count). The number of fused-ring (bicyclic) bond motifs is 1. The van der Waals surface area contributed by atoms with Crippen LogP contribution in [0.15, 0.2) is 18.3 Å². The van der Waals surface area contributed by atoms with Gasteiger partial charge in [0.05, 0.1) is 11.6 Å². The molecule has 0 aromatic carbocycles. The molecule has 10 nitrogen and oxygen atoms in total. The van der Waals surface area contributed by atoms with Crippen LogP contribution in [0.1, 0.15) is 67.7 Å². The van der Waals surface area contributed by atoms with Crippen molar-refractivity contribution < 1.29 is 32.7 Å². The number of nitrogens with one attached hydrogen (secondary N) is 1. The Morgan fingerprint density at radius 1 is 1.06 bits per heavy atom. The second-order valence-corrected chi connectivity index (χ2v) is 9.13. The lowest BCUT2D eigenvalue weighted by molar-refractivity contribution is -0.192. The molecule has 2 aromatic rings. The number of aliphatic carboxylic acids is 1. The molecule has 1 saturated carbocycles. The van der Waals surface area contributed by atoms with E-state index in [9.17, 15) is 22.8 Å². The summed E-state index contributed by atoms with van der Waals surface area (Å²) in [6, 6.07) is 3.86. The quantitative estimate of drug-likeness (QED) is 0.607. The van der Waals surface area contributed by atoms with E-state index < -0.39 is 12.1 Å². The lowest BCUT2D eigenvalue weighted by atomic mass is 10.1. The number of hydrogen-bond donors (Lipinski definition) is 2. The van der Waals surface area contributed by atoms with Crippen LogP contribution in [0.5, 0.6) is 0 Å². The second kappa shape index (κ2) is 11.7. The Morgan fingerprint density at radius 2 is 1.69 bits per heavy atom. The number of pyridine rings is 1. The van der Waals surface area contributed by atoms with E-state index in [0.29, 0.717) is 24.3 Å². The molecule has 2 aliphatic rings. The molecule has 13 heteroatoms. The van der Waals surface area contributed by atoms with E-state index in [4.69, 9.17) is 9.90 Å². The van der Waals surface area contributed by atoms with Crippen molar-refractivity contribution in [3.8, 4) is 0 Å². The Hall–Kier alpha value is -3.22. The van der Waals surface area contributed by atoms with E-state index in [2.05, 4.69) is 20.4 Å². The van der Waals surface area contributed by atoms with Gasteiger partial charge >= 0.3 is 12.1 Å². The van der Waals surface area contributed by atoms with E-state index in [0.717, 1.165) is 25.2 Å². The van der Waals surface area contributed by atoms with E-state index in [1.807, 2.05) is 34.7 Å². The van der Waals surface area contributed by atoms with Gasteiger partial charge in [-0.3, -0.25) is 18.9 Å². The number of carbonyl (C=O) groups is 3. The predicted octanol–water partition coefficient (Wildman–Crippen LogP) is 2.65. The first-order valence-electron chi connectivity index (χ1n) is 11.9. The molecular weight excluding hydrogens is 481 g/mol. The molecule has 2 amide bonds. The van der Waals surface area contributed by atoms with Crippen molar-refractivity contribution in [3.63, 3.8) is 0 Å². The first-order valence-corrected chi connectivity index (χ1v) is 11.9. The Balaban J connectivity index is 0.000000454. The minimum absolute atomic E-state index is 0.0409. The number of alkyl halides is 3. The van der Waals surface area contributed by atoms with Crippen LogP contribution in [-0.2, 0) is 9.59 Å². The first kappa shape index (κ1) is 27.4. The van der Waals surface area contributed by atoms with Crippen LogP contribution < -0.4 is 5.32 Å². The molecule has 3 heterocycles. The molecular formula is C23H31F3N6O4. The molecule has 198 valence electrons. The van der Waals surface area contributed by atoms with Crippen molar-refractivity contribution in [1.82, 2.24) is 29.7 Å². The zero-order chi connectivity index (χ0) is 26.5. The standard InChI is InChI=1S/C21H30N6O2.C2HF3O2/c1-15(28)26-12-11-25(2)18(14-26)20-24-23-19-10-9-16(13-27(19)20)21(29)22-17-7-5-3-4-6-8-17;3-2(4,5)1(6)7/h9-10,13,17-18H,3-8,11-12,14H2,1-2H3,(H,22,29);(H,6,7). The molecule has 36 heavy (non-hydrogen) atoms. The summed E-state index contributed by atoms with van der Waals surface area (Å²) in [5.41, 5.74) is 1.32. The summed E-state index contributed by atoms with van der Waals surface area (Å²) < 4.78 is 33.6. The Bertz CT molecular complexity index is 1080. The molecule has 2 fully saturated rings. The molecule has 0 bridgehead atoms. The van der Waals surface area contributed by atoms with Gasteiger partial charge in [0, 0.05) is 38.8 Å². The van der Waals surface area contributed by atoms with Crippen LogP contribution in [0.2, 0.25) is 0 Å². The summed E-state index contributed by atoms with van der Waals surface area (Å²) in [4.78, 5) is 37.6. The molecule has 1 aliphatic carbocycles. The largest absolute Gasteiger partial charge is 0.490 e. The van der Waals surface area contributed by atoms with Crippen LogP contribution in [0.4, 0.5) is 13.2 Å². The third-order valence-electron chi connectivity index (χ3n) is 6.52. The molecule has 0 radical (unpaired) electrons. The maximum Gasteiger partial charge on any atom is 0.490 e. The van der Waals surface area contributed by atoms with Gasteiger partial charge in [0.1, 0.15) is 0 Å². The van der Waals surface area contributed by atoms with Gasteiger partial charge in [-0.1, -0.05) is 25.7 Å². The van der Waals surface area contributed by atoms with E-state index >= 15 is 0 Å². The lowest BCUT2D eigenvalue weighted by Gasteiger charge is -2.38. The van der Waals surface area contributed by atoms with Crippen molar-refractivity contribution >= 4 is 23.4 Å². The first-order chi connectivity index (χ1) is 17.0. The number of carboxylic acid groups (broad SMARTS) is 1. The fourth-order valence-electron chi connectivity index (χ4n) is 4.40. The van der Waals surface area contributed by atoms with E-state index in [1.54, 1.807) is 6.92 Å². The van der Waals surface area contributed by atoms with Crippen LogP contribution >= 0.6 is 0 Å². The summed E-state index contributed by atoms with van der Waals surface area (Å²) in [7, 11) is 2.03. The fourth-order valence-corrected chi connectivity index (χ4v) is 4.40. The molecule has 1 atom stereocenters. The van der Waals surface area contributed by atoms with Crippen molar-refractivity contribution in [2.45, 2.75) is 63.7 Å². The molecule has 2 aromatic heterocycles. The molecule has 2 N–H and O–H groups in total. The zero-order valence-corrected chi connectivity index (χ0v) is 20.3. The normalized spacial score (nSPS) is 19.8. The van der Waals surface area contributed by atoms with Crippen molar-refractivity contribution in [3.05, 3.63) is 29.7 Å². The van der Waals surface area contributed by atoms with Crippen LogP contribution in [0, 0.1) is 0 Å². The van der Waals surface area contributed by atoms with Gasteiger partial charge in [-0.25, -0.2) is 4.79 Å². The number of aromatic nitrogens is 3. The molecule has 1 aliphatic heterocycles. The third kappa shape index (κ3) is 6.93. The summed E-state index contributed by atoms with van der Waals surface area (Å²) in [5.74, 6) is -1.97. The third-order valence-corrected chi connectivity index (χ3v) is 6.52. The minimum Gasteiger partial charge on any atom is -0.475 e. The van der Waals surface area contributed by atoms with Crippen molar-refractivity contribution in [1.29, 1.82) is 0 Å². The van der Waals surface area contributed by atoms with Gasteiger partial charge in [-0.15, -0.1) is 10.2 Å². The maximum absolute atomic E-state index is 12.9. The van der Waals surface area contributed by atoms with E-state index in [-0.39, 0.29) is 23.9 Å². The zero-order valence-electron chi connectivity index (χ0n) is 20.3. The van der Waals surface area contributed by atoms with E-state index in [1.165, 1.54) is 25.7 Å². The number of halogens is 3. The van der Waals surface area contributed by atoms with Gasteiger partial charge in [0.15, 0.2) is 11.5 Å². The smallest absolute Gasteiger partial charge is 0.475 e. The Labute approximate surface area is 206 Å². The monoisotopic (exact) mass is 512 g/mol. The van der Waals surface area contributed by atoms with Gasteiger partial charge < -0.3 is 15.3 Å². The van der Waals surface area contributed by atoms with Crippen LogP contribution in [-0.4, -0.2) is 86.2 Å². The molecule has 0 spiro atoms. The van der Waals surface area contributed by atoms with Crippen LogP contribution in [0.3, 0.4) is 0 Å². The SMILES string of the molecule is CC(=O)N1CCN(C)C(c2nnc3ccc(C(=O)NC4CCCCCC4)cn23)C1.O=C(O)C(F)(F)F. The highest BCUT2D eigenvalue weighted by Gasteiger charge is 2.38. The fraction of sp³-hybridized carbons (Fsp3) is 0.609.